The van der Waals surface area contributed by atoms with E-state index in [0.29, 0.717) is 6.54 Å². The molecule has 1 N–H and O–H groups in total. The van der Waals surface area contributed by atoms with Crippen LogP contribution in [0.25, 0.3) is 0 Å². The largest absolute Gasteiger partial charge is 0.351 e. The fourth-order valence-corrected chi connectivity index (χ4v) is 1.58. The van der Waals surface area contributed by atoms with Crippen molar-refractivity contribution in [3.05, 3.63) is 24.3 Å². The molecule has 4 heteroatoms. The number of hydrogen-bond donors (Lipinski definition) is 1. The van der Waals surface area contributed by atoms with E-state index < -0.39 is 0 Å². The lowest BCUT2D eigenvalue weighted by molar-refractivity contribution is -0.129. The molecule has 0 aromatic carbocycles. The number of aromatic nitrogens is 2. The van der Waals surface area contributed by atoms with Crippen LogP contribution in [0, 0.1) is 5.41 Å². The Labute approximate surface area is 96.5 Å². The van der Waals surface area contributed by atoms with Crippen molar-refractivity contribution in [1.29, 1.82) is 0 Å². The van der Waals surface area contributed by atoms with Crippen LogP contribution in [0.1, 0.15) is 39.2 Å². The Morgan fingerprint density at radius 3 is 2.56 bits per heavy atom. The molecule has 0 saturated heterocycles. The van der Waals surface area contributed by atoms with Gasteiger partial charge in [0.2, 0.25) is 5.91 Å². The van der Waals surface area contributed by atoms with E-state index in [4.69, 9.17) is 0 Å². The van der Waals surface area contributed by atoms with Crippen molar-refractivity contribution in [3.8, 4) is 0 Å². The van der Waals surface area contributed by atoms with Gasteiger partial charge in [0.05, 0.1) is 0 Å². The second-order valence-corrected chi connectivity index (χ2v) is 4.56. The summed E-state index contributed by atoms with van der Waals surface area (Å²) >= 11 is 0. The van der Waals surface area contributed by atoms with Gasteiger partial charge in [0.15, 0.2) is 0 Å². The van der Waals surface area contributed by atoms with E-state index in [9.17, 15) is 4.79 Å². The van der Waals surface area contributed by atoms with E-state index in [1.54, 1.807) is 12.4 Å². The van der Waals surface area contributed by atoms with E-state index in [2.05, 4.69) is 22.2 Å². The quantitative estimate of drug-likeness (QED) is 0.826. The van der Waals surface area contributed by atoms with Crippen LogP contribution in [0.5, 0.6) is 0 Å². The van der Waals surface area contributed by atoms with Gasteiger partial charge >= 0.3 is 0 Å². The third-order valence-corrected chi connectivity index (χ3v) is 2.56. The second kappa shape index (κ2) is 5.58. The minimum atomic E-state index is -0.301. The Balaban J connectivity index is 2.47. The van der Waals surface area contributed by atoms with Crippen LogP contribution in [-0.4, -0.2) is 15.9 Å². The number of nitrogens with one attached hydrogen (secondary N) is 1. The third kappa shape index (κ3) is 3.61. The first kappa shape index (κ1) is 12.6. The molecule has 0 aliphatic rings. The van der Waals surface area contributed by atoms with Gasteiger partial charge in [0, 0.05) is 29.9 Å². The van der Waals surface area contributed by atoms with E-state index >= 15 is 0 Å². The van der Waals surface area contributed by atoms with Crippen LogP contribution in [0.2, 0.25) is 0 Å². The molecule has 1 heterocycles. The molecule has 0 atom stereocenters. The highest BCUT2D eigenvalue weighted by atomic mass is 16.2. The van der Waals surface area contributed by atoms with Crippen molar-refractivity contribution in [2.45, 2.75) is 40.2 Å². The molecule has 1 amide bonds. The first-order chi connectivity index (χ1) is 7.56. The molecule has 0 aliphatic heterocycles. The van der Waals surface area contributed by atoms with E-state index in [1.807, 2.05) is 13.8 Å². The first-order valence-electron chi connectivity index (χ1n) is 5.58. The fraction of sp³-hybridized carbons (Fsp3) is 0.583. The fourth-order valence-electron chi connectivity index (χ4n) is 1.58. The van der Waals surface area contributed by atoms with Crippen molar-refractivity contribution in [1.82, 2.24) is 15.3 Å². The van der Waals surface area contributed by atoms with Gasteiger partial charge in [-0.1, -0.05) is 27.2 Å². The average Bonchev–Trinajstić information content (AvgIpc) is 2.27. The van der Waals surface area contributed by atoms with Crippen LogP contribution in [0.4, 0.5) is 0 Å². The number of amides is 1. The van der Waals surface area contributed by atoms with Gasteiger partial charge in [-0.3, -0.25) is 4.79 Å². The summed E-state index contributed by atoms with van der Waals surface area (Å²) in [6.07, 6.45) is 6.80. The van der Waals surface area contributed by atoms with Crippen LogP contribution in [0.3, 0.4) is 0 Å². The van der Waals surface area contributed by atoms with Gasteiger partial charge in [-0.25, -0.2) is 9.97 Å². The number of hydrogen-bond acceptors (Lipinski definition) is 3. The summed E-state index contributed by atoms with van der Waals surface area (Å²) in [4.78, 5) is 19.7. The van der Waals surface area contributed by atoms with Gasteiger partial charge in [0.1, 0.15) is 6.33 Å². The predicted molar refractivity (Wildman–Crippen MR) is 62.6 cm³/mol. The van der Waals surface area contributed by atoms with E-state index in [1.165, 1.54) is 6.33 Å². The lowest BCUT2D eigenvalue weighted by Gasteiger charge is -2.22. The van der Waals surface area contributed by atoms with E-state index in [-0.39, 0.29) is 11.3 Å². The molecule has 1 aromatic rings. The summed E-state index contributed by atoms with van der Waals surface area (Å²) in [6, 6.07) is 0. The summed E-state index contributed by atoms with van der Waals surface area (Å²) in [5.41, 5.74) is 0.618. The molecule has 1 rings (SSSR count). The molecule has 0 aliphatic carbocycles. The normalized spacial score (nSPS) is 11.2. The number of carbonyl (C=O) groups excluding carboxylic acids is 1. The Kier molecular flexibility index (Phi) is 4.40. The van der Waals surface area contributed by atoms with Gasteiger partial charge in [-0.15, -0.1) is 0 Å². The molecule has 0 unspecified atom stereocenters. The standard InChI is InChI=1S/C12H19N3O/c1-4-5-12(2,3)11(16)15-8-10-6-13-9-14-7-10/h6-7,9H,4-5,8H2,1-3H3,(H,15,16). The molecular formula is C12H19N3O. The molecule has 0 radical (unpaired) electrons. The maximum absolute atomic E-state index is 11.9. The number of carbonyl (C=O) groups is 1. The number of rotatable bonds is 5. The van der Waals surface area contributed by atoms with Crippen LogP contribution >= 0.6 is 0 Å². The summed E-state index contributed by atoms with van der Waals surface area (Å²) in [6.45, 7) is 6.51. The molecule has 0 spiro atoms. The minimum absolute atomic E-state index is 0.0817. The Hall–Kier alpha value is -1.45. The highest BCUT2D eigenvalue weighted by Gasteiger charge is 2.25. The summed E-state index contributed by atoms with van der Waals surface area (Å²) in [5.74, 6) is 0.0817. The lowest BCUT2D eigenvalue weighted by Crippen LogP contribution is -2.36. The molecule has 0 bridgehead atoms. The van der Waals surface area contributed by atoms with Crippen LogP contribution < -0.4 is 5.32 Å². The smallest absolute Gasteiger partial charge is 0.225 e. The predicted octanol–water partition coefficient (Wildman–Crippen LogP) is 1.92. The lowest BCUT2D eigenvalue weighted by atomic mass is 9.87. The first-order valence-corrected chi connectivity index (χ1v) is 5.58. The molecule has 88 valence electrons. The zero-order valence-electron chi connectivity index (χ0n) is 10.2. The second-order valence-electron chi connectivity index (χ2n) is 4.56. The molecule has 16 heavy (non-hydrogen) atoms. The Morgan fingerprint density at radius 1 is 1.38 bits per heavy atom. The zero-order valence-corrected chi connectivity index (χ0v) is 10.2. The molecular weight excluding hydrogens is 202 g/mol. The Bertz CT molecular complexity index is 335. The maximum Gasteiger partial charge on any atom is 0.225 e. The molecule has 4 nitrogen and oxygen atoms in total. The summed E-state index contributed by atoms with van der Waals surface area (Å²) < 4.78 is 0. The summed E-state index contributed by atoms with van der Waals surface area (Å²) in [7, 11) is 0. The minimum Gasteiger partial charge on any atom is -0.351 e. The van der Waals surface area contributed by atoms with Crippen LogP contribution in [-0.2, 0) is 11.3 Å². The molecule has 1 aromatic heterocycles. The number of nitrogens with zero attached hydrogens (tertiary/aromatic N) is 2. The van der Waals surface area contributed by atoms with Crippen molar-refractivity contribution in [2.24, 2.45) is 5.41 Å². The van der Waals surface area contributed by atoms with Gasteiger partial charge < -0.3 is 5.32 Å². The molecule has 0 fully saturated rings. The Morgan fingerprint density at radius 2 is 2.00 bits per heavy atom. The topological polar surface area (TPSA) is 54.9 Å². The van der Waals surface area contributed by atoms with E-state index in [0.717, 1.165) is 18.4 Å². The summed E-state index contributed by atoms with van der Waals surface area (Å²) in [5, 5.41) is 2.91. The average molecular weight is 221 g/mol. The van der Waals surface area contributed by atoms with Crippen molar-refractivity contribution < 1.29 is 4.79 Å². The van der Waals surface area contributed by atoms with Crippen molar-refractivity contribution in [2.75, 3.05) is 0 Å². The van der Waals surface area contributed by atoms with Gasteiger partial charge in [-0.05, 0) is 6.42 Å². The SMILES string of the molecule is CCCC(C)(C)C(=O)NCc1cncnc1. The zero-order chi connectivity index (χ0) is 12.0. The van der Waals surface area contributed by atoms with Crippen molar-refractivity contribution >= 4 is 5.91 Å². The highest BCUT2D eigenvalue weighted by molar-refractivity contribution is 5.81. The highest BCUT2D eigenvalue weighted by Crippen LogP contribution is 2.22. The van der Waals surface area contributed by atoms with Gasteiger partial charge in [0.25, 0.3) is 0 Å². The van der Waals surface area contributed by atoms with Gasteiger partial charge in [-0.2, -0.15) is 0 Å². The monoisotopic (exact) mass is 221 g/mol. The molecule has 0 saturated carbocycles. The van der Waals surface area contributed by atoms with Crippen LogP contribution in [0.15, 0.2) is 18.7 Å². The maximum atomic E-state index is 11.9. The van der Waals surface area contributed by atoms with Crippen molar-refractivity contribution in [3.63, 3.8) is 0 Å². The third-order valence-electron chi connectivity index (χ3n) is 2.56.